The fraction of sp³-hybridized carbons (Fsp3) is 0.250. The van der Waals surface area contributed by atoms with Gasteiger partial charge in [0.05, 0.1) is 5.25 Å². The number of hydrogen-bond donors (Lipinski definition) is 1. The smallest absolute Gasteiger partial charge is 0.240 e. The van der Waals surface area contributed by atoms with Crippen molar-refractivity contribution in [3.63, 3.8) is 0 Å². The third-order valence-corrected chi connectivity index (χ3v) is 6.00. The molecule has 0 spiro atoms. The molecule has 27 heavy (non-hydrogen) atoms. The van der Waals surface area contributed by atoms with Gasteiger partial charge in [-0.25, -0.2) is 0 Å². The van der Waals surface area contributed by atoms with Crippen molar-refractivity contribution in [2.24, 2.45) is 0 Å². The molecule has 0 unspecified atom stereocenters. The predicted molar refractivity (Wildman–Crippen MR) is 114 cm³/mol. The van der Waals surface area contributed by atoms with Gasteiger partial charge in [-0.2, -0.15) is 0 Å². The summed E-state index contributed by atoms with van der Waals surface area (Å²) in [4.78, 5) is 14.7. The molecule has 0 aliphatic heterocycles. The fourth-order valence-electron chi connectivity index (χ4n) is 2.56. The van der Waals surface area contributed by atoms with E-state index in [9.17, 15) is 4.79 Å². The summed E-state index contributed by atoms with van der Waals surface area (Å²) in [5.41, 5.74) is 3.09. The van der Waals surface area contributed by atoms with Crippen molar-refractivity contribution in [1.82, 2.24) is 10.2 Å². The average molecular weight is 399 g/mol. The number of anilines is 3. The van der Waals surface area contributed by atoms with Crippen molar-refractivity contribution in [3.8, 4) is 0 Å². The summed E-state index contributed by atoms with van der Waals surface area (Å²) in [6.45, 7) is 6.57. The van der Waals surface area contributed by atoms with Crippen LogP contribution in [0.5, 0.6) is 0 Å². The summed E-state index contributed by atoms with van der Waals surface area (Å²) in [5, 5.41) is 12.1. The number of aryl methyl sites for hydroxylation is 1. The maximum absolute atomic E-state index is 12.9. The first kappa shape index (κ1) is 19.4. The topological polar surface area (TPSA) is 58.1 Å². The second-order valence-corrected chi connectivity index (χ2v) is 8.61. The minimum absolute atomic E-state index is 0.0666. The number of thioether (sulfide) groups is 1. The molecule has 1 N–H and O–H groups in total. The lowest BCUT2D eigenvalue weighted by Gasteiger charge is -2.23. The molecule has 2 aromatic carbocycles. The van der Waals surface area contributed by atoms with E-state index in [1.165, 1.54) is 28.7 Å². The lowest BCUT2D eigenvalue weighted by molar-refractivity contribution is -0.117. The van der Waals surface area contributed by atoms with Crippen LogP contribution < -0.4 is 10.2 Å². The summed E-state index contributed by atoms with van der Waals surface area (Å²) < 4.78 is 0.773. The number of amides is 1. The van der Waals surface area contributed by atoms with Crippen LogP contribution in [0.15, 0.2) is 58.9 Å². The van der Waals surface area contributed by atoms with E-state index in [4.69, 9.17) is 0 Å². The molecule has 0 aliphatic rings. The van der Waals surface area contributed by atoms with E-state index >= 15 is 0 Å². The molecule has 7 heteroatoms. The summed E-state index contributed by atoms with van der Waals surface area (Å²) in [7, 11) is 0. The minimum Gasteiger partial charge on any atom is -0.330 e. The van der Waals surface area contributed by atoms with E-state index in [2.05, 4.69) is 22.4 Å². The highest BCUT2D eigenvalue weighted by atomic mass is 32.2. The number of aromatic nitrogens is 2. The maximum Gasteiger partial charge on any atom is 0.240 e. The highest BCUT2D eigenvalue weighted by Gasteiger charge is 2.23. The number of nitrogens with zero attached hydrogens (tertiary/aromatic N) is 3. The number of carbonyl (C=O) groups excluding carboxylic acids is 1. The molecule has 3 rings (SSSR count). The molecule has 0 fully saturated rings. The Bertz CT molecular complexity index is 881. The van der Waals surface area contributed by atoms with E-state index in [-0.39, 0.29) is 11.2 Å². The van der Waals surface area contributed by atoms with Crippen LogP contribution in [0, 0.1) is 6.92 Å². The molecule has 140 valence electrons. The van der Waals surface area contributed by atoms with Gasteiger partial charge in [0.1, 0.15) is 0 Å². The van der Waals surface area contributed by atoms with Gasteiger partial charge in [-0.05, 0) is 45.0 Å². The number of carbonyl (C=O) groups is 1. The molecule has 0 radical (unpaired) electrons. The first-order valence-corrected chi connectivity index (χ1v) is 10.5. The second kappa shape index (κ2) is 9.01. The number of hydrogen-bond acceptors (Lipinski definition) is 6. The Hall–Kier alpha value is -2.38. The lowest BCUT2D eigenvalue weighted by atomic mass is 10.2. The third-order valence-electron chi connectivity index (χ3n) is 3.98. The molecule has 1 amide bonds. The van der Waals surface area contributed by atoms with E-state index in [1.54, 1.807) is 4.90 Å². The van der Waals surface area contributed by atoms with Crippen molar-refractivity contribution in [2.75, 3.05) is 16.8 Å². The van der Waals surface area contributed by atoms with Crippen LogP contribution in [-0.2, 0) is 4.79 Å². The molecule has 1 atom stereocenters. The highest BCUT2D eigenvalue weighted by molar-refractivity contribution is 8.02. The Labute approximate surface area is 167 Å². The van der Waals surface area contributed by atoms with Crippen molar-refractivity contribution in [1.29, 1.82) is 0 Å². The zero-order valence-electron chi connectivity index (χ0n) is 15.5. The van der Waals surface area contributed by atoms with Crippen LogP contribution in [0.3, 0.4) is 0 Å². The van der Waals surface area contributed by atoms with Gasteiger partial charge < -0.3 is 10.2 Å². The molecule has 3 aromatic rings. The average Bonchev–Trinajstić information content (AvgIpc) is 3.12. The van der Waals surface area contributed by atoms with Crippen molar-refractivity contribution >= 4 is 45.5 Å². The highest BCUT2D eigenvalue weighted by Crippen LogP contribution is 2.31. The van der Waals surface area contributed by atoms with Crippen LogP contribution in [0.4, 0.5) is 16.5 Å². The first-order valence-electron chi connectivity index (χ1n) is 8.77. The van der Waals surface area contributed by atoms with Gasteiger partial charge in [0.15, 0.2) is 4.34 Å². The van der Waals surface area contributed by atoms with Crippen molar-refractivity contribution in [2.45, 2.75) is 30.4 Å². The molecule has 5 nitrogen and oxygen atoms in total. The Balaban J connectivity index is 1.63. The molecule has 1 heterocycles. The van der Waals surface area contributed by atoms with Gasteiger partial charge in [-0.1, -0.05) is 59.0 Å². The zero-order valence-corrected chi connectivity index (χ0v) is 17.2. The Morgan fingerprint density at radius 1 is 1.15 bits per heavy atom. The molecule has 0 saturated heterocycles. The zero-order chi connectivity index (χ0) is 19.2. The summed E-state index contributed by atoms with van der Waals surface area (Å²) in [5.74, 6) is 0.0666. The monoisotopic (exact) mass is 398 g/mol. The van der Waals surface area contributed by atoms with Crippen LogP contribution in [0.25, 0.3) is 0 Å². The van der Waals surface area contributed by atoms with E-state index < -0.39 is 0 Å². The van der Waals surface area contributed by atoms with Crippen molar-refractivity contribution in [3.05, 3.63) is 60.2 Å². The normalized spacial score (nSPS) is 11.8. The second-order valence-electron chi connectivity index (χ2n) is 6.04. The summed E-state index contributed by atoms with van der Waals surface area (Å²) in [6.07, 6.45) is 0. The Morgan fingerprint density at radius 2 is 1.85 bits per heavy atom. The third kappa shape index (κ3) is 5.08. The van der Waals surface area contributed by atoms with E-state index in [0.717, 1.165) is 20.8 Å². The van der Waals surface area contributed by atoms with Gasteiger partial charge in [0, 0.05) is 17.9 Å². The number of rotatable bonds is 7. The van der Waals surface area contributed by atoms with Crippen LogP contribution in [0.2, 0.25) is 0 Å². The molecular weight excluding hydrogens is 376 g/mol. The number of nitrogens with one attached hydrogen (secondary N) is 1. The summed E-state index contributed by atoms with van der Waals surface area (Å²) >= 11 is 2.89. The SMILES string of the molecule is CCN(C(=O)[C@H](C)Sc1nnc(Nc2ccc(C)cc2)s1)c1ccccc1. The van der Waals surface area contributed by atoms with Gasteiger partial charge in [0.2, 0.25) is 11.0 Å². The molecule has 0 saturated carbocycles. The van der Waals surface area contributed by atoms with Crippen LogP contribution in [0.1, 0.15) is 19.4 Å². The summed E-state index contributed by atoms with van der Waals surface area (Å²) in [6, 6.07) is 17.8. The van der Waals surface area contributed by atoms with Gasteiger partial charge in [-0.15, -0.1) is 10.2 Å². The Morgan fingerprint density at radius 3 is 2.52 bits per heavy atom. The van der Waals surface area contributed by atoms with Gasteiger partial charge >= 0.3 is 0 Å². The molecule has 1 aromatic heterocycles. The molecule has 0 aliphatic carbocycles. The Kier molecular flexibility index (Phi) is 6.47. The molecule has 0 bridgehead atoms. The predicted octanol–water partition coefficient (Wildman–Crippen LogP) is 5.12. The van der Waals surface area contributed by atoms with Crippen LogP contribution in [-0.4, -0.2) is 27.9 Å². The van der Waals surface area contributed by atoms with Gasteiger partial charge in [0.25, 0.3) is 0 Å². The fourth-order valence-corrected chi connectivity index (χ4v) is 4.54. The van der Waals surface area contributed by atoms with Gasteiger partial charge in [-0.3, -0.25) is 4.79 Å². The van der Waals surface area contributed by atoms with E-state index in [0.29, 0.717) is 6.54 Å². The lowest BCUT2D eigenvalue weighted by Crippen LogP contribution is -2.36. The van der Waals surface area contributed by atoms with Crippen LogP contribution >= 0.6 is 23.1 Å². The van der Waals surface area contributed by atoms with Crippen molar-refractivity contribution < 1.29 is 4.79 Å². The number of para-hydroxylation sites is 1. The molecular formula is C20H22N4OS2. The maximum atomic E-state index is 12.9. The largest absolute Gasteiger partial charge is 0.330 e. The minimum atomic E-state index is -0.245. The standard InChI is InChI=1S/C20H22N4OS2/c1-4-24(17-8-6-5-7-9-17)18(25)15(3)26-20-23-22-19(27-20)21-16-12-10-14(2)11-13-16/h5-13,15H,4H2,1-3H3,(H,21,22)/t15-/m0/s1. The van der Waals surface area contributed by atoms with E-state index in [1.807, 2.05) is 68.4 Å². The first-order chi connectivity index (χ1) is 13.1. The number of benzene rings is 2. The quantitative estimate of drug-likeness (QED) is 0.560.